The summed E-state index contributed by atoms with van der Waals surface area (Å²) in [6, 6.07) is 7.28. The van der Waals surface area contributed by atoms with Crippen LogP contribution in [-0.4, -0.2) is 69.4 Å². The fraction of sp³-hybridized carbons (Fsp3) is 0.385. The van der Waals surface area contributed by atoms with Crippen LogP contribution >= 0.6 is 15.9 Å². The third kappa shape index (κ3) is 5.29. The highest BCUT2D eigenvalue weighted by molar-refractivity contribution is 9.10. The number of ether oxygens (including phenoxy) is 5. The molecule has 1 heterocycles. The van der Waals surface area contributed by atoms with Crippen molar-refractivity contribution in [1.29, 1.82) is 0 Å². The Bertz CT molecular complexity index is 1150. The molecule has 1 amide bonds. The van der Waals surface area contributed by atoms with Gasteiger partial charge in [0.15, 0.2) is 11.5 Å². The molecule has 1 N–H and O–H groups in total. The number of aliphatic hydroxyl groups is 1. The maximum absolute atomic E-state index is 13.3. The molecule has 194 valence electrons. The van der Waals surface area contributed by atoms with Gasteiger partial charge in [0, 0.05) is 12.1 Å². The lowest BCUT2D eigenvalue weighted by atomic mass is 9.94. The predicted molar refractivity (Wildman–Crippen MR) is 137 cm³/mol. The van der Waals surface area contributed by atoms with Crippen LogP contribution in [-0.2, 0) is 14.3 Å². The molecule has 2 aromatic carbocycles. The molecule has 2 aromatic rings. The van der Waals surface area contributed by atoms with Crippen molar-refractivity contribution in [1.82, 2.24) is 4.90 Å². The topological polar surface area (TPSA) is 104 Å². The third-order valence-electron chi connectivity index (χ3n) is 5.75. The second kappa shape index (κ2) is 11.7. The normalized spacial score (nSPS) is 17.0. The van der Waals surface area contributed by atoms with Gasteiger partial charge in [0.1, 0.15) is 11.5 Å². The van der Waals surface area contributed by atoms with Gasteiger partial charge in [-0.2, -0.15) is 0 Å². The van der Waals surface area contributed by atoms with E-state index >= 15 is 0 Å². The number of carbonyl (C=O) groups is 2. The molecular formula is C26H30BrNO8. The van der Waals surface area contributed by atoms with Crippen molar-refractivity contribution < 1.29 is 38.4 Å². The number of benzene rings is 2. The molecule has 1 fully saturated rings. The number of hydrogen-bond donors (Lipinski definition) is 1. The first-order valence-corrected chi connectivity index (χ1v) is 12.0. The number of ketones is 1. The van der Waals surface area contributed by atoms with Crippen molar-refractivity contribution in [2.45, 2.75) is 26.0 Å². The molecule has 9 nitrogen and oxygen atoms in total. The number of rotatable bonds is 10. The summed E-state index contributed by atoms with van der Waals surface area (Å²) in [5.41, 5.74) is 0.787. The molecule has 36 heavy (non-hydrogen) atoms. The van der Waals surface area contributed by atoms with Crippen LogP contribution in [0.2, 0.25) is 0 Å². The first kappa shape index (κ1) is 27.3. The van der Waals surface area contributed by atoms with Crippen molar-refractivity contribution in [2.75, 3.05) is 41.6 Å². The van der Waals surface area contributed by atoms with Crippen LogP contribution in [0.15, 0.2) is 40.4 Å². The number of amides is 1. The second-order valence-corrected chi connectivity index (χ2v) is 9.07. The van der Waals surface area contributed by atoms with Crippen LogP contribution in [0, 0.1) is 0 Å². The highest BCUT2D eigenvalue weighted by atomic mass is 79.9. The lowest BCUT2D eigenvalue weighted by Crippen LogP contribution is -2.33. The molecular weight excluding hydrogens is 534 g/mol. The third-order valence-corrected chi connectivity index (χ3v) is 6.37. The number of nitrogens with zero attached hydrogens (tertiary/aromatic N) is 1. The smallest absolute Gasteiger partial charge is 0.295 e. The quantitative estimate of drug-likeness (QED) is 0.259. The monoisotopic (exact) mass is 563 g/mol. The number of hydrogen-bond acceptors (Lipinski definition) is 8. The van der Waals surface area contributed by atoms with Crippen molar-refractivity contribution in [3.05, 3.63) is 51.5 Å². The number of aliphatic hydroxyl groups excluding tert-OH is 1. The van der Waals surface area contributed by atoms with Crippen molar-refractivity contribution in [3.63, 3.8) is 0 Å². The summed E-state index contributed by atoms with van der Waals surface area (Å²) in [7, 11) is 5.96. The molecule has 1 saturated heterocycles. The molecule has 0 saturated carbocycles. The number of likely N-dealkylation sites (tertiary alicyclic amines) is 1. The van der Waals surface area contributed by atoms with E-state index < -0.39 is 17.7 Å². The Morgan fingerprint density at radius 2 is 1.58 bits per heavy atom. The molecule has 3 rings (SSSR count). The van der Waals surface area contributed by atoms with Gasteiger partial charge in [0.2, 0.25) is 5.75 Å². The predicted octanol–water partition coefficient (Wildman–Crippen LogP) is 4.33. The molecule has 0 aromatic heterocycles. The summed E-state index contributed by atoms with van der Waals surface area (Å²) in [5, 5.41) is 11.3. The Hall–Kier alpha value is -3.24. The van der Waals surface area contributed by atoms with E-state index in [0.29, 0.717) is 38.6 Å². The molecule has 0 spiro atoms. The second-order valence-electron chi connectivity index (χ2n) is 8.22. The minimum atomic E-state index is -0.921. The van der Waals surface area contributed by atoms with E-state index in [0.717, 1.165) is 0 Å². The van der Waals surface area contributed by atoms with E-state index in [-0.39, 0.29) is 30.6 Å². The number of Topliss-reactive ketones (excluding diaryl/α,β-unsaturated/α-hetero) is 1. The van der Waals surface area contributed by atoms with E-state index in [1.807, 2.05) is 13.8 Å². The average Bonchev–Trinajstić information content (AvgIpc) is 3.12. The minimum Gasteiger partial charge on any atom is -0.507 e. The van der Waals surface area contributed by atoms with Gasteiger partial charge in [0.25, 0.3) is 11.7 Å². The SMILES string of the molecule is COc1ccc(/C(O)=C2\C(=O)C(=O)N(CCOC(C)C)C2c2cc(OC)c(OC)c(OC)c2)cc1Br. The molecule has 0 bridgehead atoms. The summed E-state index contributed by atoms with van der Waals surface area (Å²) >= 11 is 3.40. The average molecular weight is 564 g/mol. The highest BCUT2D eigenvalue weighted by Gasteiger charge is 2.46. The van der Waals surface area contributed by atoms with Crippen molar-refractivity contribution >= 4 is 33.4 Å². The van der Waals surface area contributed by atoms with Gasteiger partial charge in [-0.1, -0.05) is 0 Å². The first-order chi connectivity index (χ1) is 17.2. The zero-order chi connectivity index (χ0) is 26.6. The van der Waals surface area contributed by atoms with E-state index in [2.05, 4.69) is 15.9 Å². The Labute approximate surface area is 218 Å². The Kier molecular flexibility index (Phi) is 8.86. The zero-order valence-electron chi connectivity index (χ0n) is 21.1. The van der Waals surface area contributed by atoms with E-state index in [1.54, 1.807) is 30.3 Å². The lowest BCUT2D eigenvalue weighted by Gasteiger charge is -2.27. The Balaban J connectivity index is 2.23. The fourth-order valence-electron chi connectivity index (χ4n) is 4.07. The first-order valence-electron chi connectivity index (χ1n) is 11.2. The van der Waals surface area contributed by atoms with Crippen LogP contribution < -0.4 is 18.9 Å². The van der Waals surface area contributed by atoms with Gasteiger partial charge >= 0.3 is 0 Å². The van der Waals surface area contributed by atoms with Crippen LogP contribution in [0.25, 0.3) is 5.76 Å². The Morgan fingerprint density at radius 3 is 2.08 bits per heavy atom. The van der Waals surface area contributed by atoms with Gasteiger partial charge in [-0.15, -0.1) is 0 Å². The molecule has 10 heteroatoms. The van der Waals surface area contributed by atoms with E-state index in [9.17, 15) is 14.7 Å². The number of methoxy groups -OCH3 is 4. The summed E-state index contributed by atoms with van der Waals surface area (Å²) in [6.07, 6.45) is -0.0573. The van der Waals surface area contributed by atoms with Gasteiger partial charge in [-0.25, -0.2) is 0 Å². The van der Waals surface area contributed by atoms with E-state index in [1.165, 1.54) is 33.3 Å². The molecule has 1 atom stereocenters. The molecule has 0 aliphatic carbocycles. The molecule has 1 unspecified atom stereocenters. The molecule has 1 aliphatic rings. The van der Waals surface area contributed by atoms with Crippen LogP contribution in [0.3, 0.4) is 0 Å². The van der Waals surface area contributed by atoms with Gasteiger partial charge in [-0.05, 0) is 65.7 Å². The maximum atomic E-state index is 13.3. The zero-order valence-corrected chi connectivity index (χ0v) is 22.7. The lowest BCUT2D eigenvalue weighted by molar-refractivity contribution is -0.140. The summed E-state index contributed by atoms with van der Waals surface area (Å²) in [4.78, 5) is 27.8. The van der Waals surface area contributed by atoms with Gasteiger partial charge in [0.05, 0.1) is 57.2 Å². The summed E-state index contributed by atoms with van der Waals surface area (Å²) in [5.74, 6) is -0.242. The maximum Gasteiger partial charge on any atom is 0.295 e. The van der Waals surface area contributed by atoms with Crippen LogP contribution in [0.1, 0.15) is 31.0 Å². The molecule has 0 radical (unpaired) electrons. The highest BCUT2D eigenvalue weighted by Crippen LogP contribution is 2.46. The summed E-state index contributed by atoms with van der Waals surface area (Å²) < 4.78 is 27.9. The largest absolute Gasteiger partial charge is 0.507 e. The molecule has 1 aliphatic heterocycles. The van der Waals surface area contributed by atoms with Crippen molar-refractivity contribution in [2.24, 2.45) is 0 Å². The van der Waals surface area contributed by atoms with Gasteiger partial charge < -0.3 is 33.7 Å². The van der Waals surface area contributed by atoms with Crippen LogP contribution in [0.4, 0.5) is 0 Å². The number of halogens is 1. The number of carbonyl (C=O) groups excluding carboxylic acids is 2. The van der Waals surface area contributed by atoms with E-state index in [4.69, 9.17) is 23.7 Å². The van der Waals surface area contributed by atoms with Crippen LogP contribution in [0.5, 0.6) is 23.0 Å². The summed E-state index contributed by atoms with van der Waals surface area (Å²) in [6.45, 7) is 4.10. The standard InChI is InChI=1S/C26H30BrNO8/c1-14(2)36-10-9-28-22(16-12-19(33-4)25(35-6)20(13-16)34-5)21(24(30)26(28)31)23(29)15-7-8-18(32-3)17(27)11-15/h7-8,11-14,22,29H,9-10H2,1-6H3/b23-21+. The fourth-order valence-corrected chi connectivity index (χ4v) is 4.61. The minimum absolute atomic E-state index is 0.0573. The Morgan fingerprint density at radius 1 is 0.972 bits per heavy atom. The van der Waals surface area contributed by atoms with Crippen molar-refractivity contribution in [3.8, 4) is 23.0 Å². The van der Waals surface area contributed by atoms with Gasteiger partial charge in [-0.3, -0.25) is 9.59 Å².